The molecule has 11 heavy (non-hydrogen) atoms. The Labute approximate surface area is 75.6 Å². The normalized spacial score (nSPS) is 11.1. The van der Waals surface area contributed by atoms with Crippen LogP contribution in [0.5, 0.6) is 0 Å². The van der Waals surface area contributed by atoms with Gasteiger partial charge in [-0.1, -0.05) is 31.9 Å². The molecule has 1 heteroatoms. The Kier molecular flexibility index (Phi) is 10.1. The molecule has 0 bridgehead atoms. The maximum atomic E-state index is 5.53. The highest BCUT2D eigenvalue weighted by molar-refractivity contribution is 6.17. The van der Waals surface area contributed by atoms with Crippen molar-refractivity contribution in [2.45, 2.75) is 45.4 Å². The van der Waals surface area contributed by atoms with Crippen molar-refractivity contribution in [3.63, 3.8) is 0 Å². The van der Waals surface area contributed by atoms with E-state index in [-0.39, 0.29) is 0 Å². The number of allylic oxidation sites excluding steroid dienone is 2. The summed E-state index contributed by atoms with van der Waals surface area (Å²) in [6.45, 7) is 2.23. The molecular weight excluding hydrogens is 156 g/mol. The fourth-order valence-corrected chi connectivity index (χ4v) is 1.10. The van der Waals surface area contributed by atoms with Crippen LogP contribution < -0.4 is 0 Å². The first-order chi connectivity index (χ1) is 5.41. The van der Waals surface area contributed by atoms with Crippen LogP contribution in [0.1, 0.15) is 45.4 Å². The summed E-state index contributed by atoms with van der Waals surface area (Å²) in [7, 11) is 0. The third-order valence-corrected chi connectivity index (χ3v) is 1.91. The molecule has 0 aliphatic carbocycles. The fraction of sp³-hybridized carbons (Fsp3) is 0.800. The summed E-state index contributed by atoms with van der Waals surface area (Å²) in [5.41, 5.74) is 0. The second-order valence-electron chi connectivity index (χ2n) is 2.80. The molecule has 0 radical (unpaired) electrons. The van der Waals surface area contributed by atoms with Crippen molar-refractivity contribution >= 4 is 11.6 Å². The van der Waals surface area contributed by atoms with Gasteiger partial charge in [0, 0.05) is 5.88 Å². The van der Waals surface area contributed by atoms with E-state index < -0.39 is 0 Å². The molecule has 0 N–H and O–H groups in total. The number of hydrogen-bond acceptors (Lipinski definition) is 0. The summed E-state index contributed by atoms with van der Waals surface area (Å²) in [6.07, 6.45) is 12.1. The smallest absolute Gasteiger partial charge is 0.0226 e. The molecular formula is C10H19Cl. The van der Waals surface area contributed by atoms with Crippen LogP contribution >= 0.6 is 11.6 Å². The quantitative estimate of drug-likeness (QED) is 0.309. The van der Waals surface area contributed by atoms with E-state index in [9.17, 15) is 0 Å². The van der Waals surface area contributed by atoms with Gasteiger partial charge in [0.15, 0.2) is 0 Å². The predicted octanol–water partition coefficient (Wildman–Crippen LogP) is 4.14. The Balaban J connectivity index is 2.91. The molecule has 0 fully saturated rings. The largest absolute Gasteiger partial charge is 0.127 e. The third-order valence-electron chi connectivity index (χ3n) is 1.65. The SMILES string of the molecule is CCCCC/C=C/CCCCl. The summed E-state index contributed by atoms with van der Waals surface area (Å²) in [5.74, 6) is 0.791. The molecule has 0 saturated carbocycles. The van der Waals surface area contributed by atoms with E-state index in [4.69, 9.17) is 11.6 Å². The van der Waals surface area contributed by atoms with Gasteiger partial charge < -0.3 is 0 Å². The molecule has 0 heterocycles. The number of hydrogen-bond donors (Lipinski definition) is 0. The van der Waals surface area contributed by atoms with Gasteiger partial charge in [-0.25, -0.2) is 0 Å². The van der Waals surface area contributed by atoms with Crippen LogP contribution in [0.3, 0.4) is 0 Å². The summed E-state index contributed by atoms with van der Waals surface area (Å²) in [4.78, 5) is 0. The van der Waals surface area contributed by atoms with Crippen LogP contribution in [0, 0.1) is 0 Å². The summed E-state index contributed by atoms with van der Waals surface area (Å²) in [5, 5.41) is 0. The Morgan fingerprint density at radius 1 is 1.00 bits per heavy atom. The lowest BCUT2D eigenvalue weighted by molar-refractivity contribution is 0.727. The van der Waals surface area contributed by atoms with Gasteiger partial charge in [-0.3, -0.25) is 0 Å². The maximum Gasteiger partial charge on any atom is 0.0226 e. The Morgan fingerprint density at radius 3 is 2.18 bits per heavy atom. The number of unbranched alkanes of at least 4 members (excludes halogenated alkanes) is 4. The lowest BCUT2D eigenvalue weighted by atomic mass is 10.2. The average Bonchev–Trinajstić information content (AvgIpc) is 2.03. The van der Waals surface area contributed by atoms with Crippen molar-refractivity contribution in [1.82, 2.24) is 0 Å². The predicted molar refractivity (Wildman–Crippen MR) is 53.2 cm³/mol. The summed E-state index contributed by atoms with van der Waals surface area (Å²) >= 11 is 5.53. The molecule has 0 amide bonds. The molecule has 0 nitrogen and oxygen atoms in total. The monoisotopic (exact) mass is 174 g/mol. The van der Waals surface area contributed by atoms with Gasteiger partial charge >= 0.3 is 0 Å². The van der Waals surface area contributed by atoms with Gasteiger partial charge in [0.1, 0.15) is 0 Å². The first-order valence-corrected chi connectivity index (χ1v) is 5.16. The highest BCUT2D eigenvalue weighted by Gasteiger charge is 1.82. The van der Waals surface area contributed by atoms with Gasteiger partial charge in [-0.2, -0.15) is 0 Å². The number of alkyl halides is 1. The lowest BCUT2D eigenvalue weighted by Gasteiger charge is -1.91. The van der Waals surface area contributed by atoms with E-state index >= 15 is 0 Å². The van der Waals surface area contributed by atoms with Crippen molar-refractivity contribution in [3.05, 3.63) is 12.2 Å². The third kappa shape index (κ3) is 10.0. The molecule has 0 aromatic carbocycles. The van der Waals surface area contributed by atoms with Gasteiger partial charge in [0.2, 0.25) is 0 Å². The molecule has 0 spiro atoms. The van der Waals surface area contributed by atoms with Crippen LogP contribution in [0.15, 0.2) is 12.2 Å². The van der Waals surface area contributed by atoms with Crippen LogP contribution in [-0.4, -0.2) is 5.88 Å². The molecule has 0 unspecified atom stereocenters. The minimum Gasteiger partial charge on any atom is -0.127 e. The fourth-order valence-electron chi connectivity index (χ4n) is 0.943. The van der Waals surface area contributed by atoms with Gasteiger partial charge in [0.05, 0.1) is 0 Å². The number of rotatable bonds is 7. The van der Waals surface area contributed by atoms with Crippen LogP contribution in [-0.2, 0) is 0 Å². The molecule has 0 aromatic heterocycles. The summed E-state index contributed by atoms with van der Waals surface area (Å²) < 4.78 is 0. The zero-order valence-electron chi connectivity index (χ0n) is 7.48. The summed E-state index contributed by atoms with van der Waals surface area (Å²) in [6, 6.07) is 0. The van der Waals surface area contributed by atoms with E-state index in [2.05, 4.69) is 19.1 Å². The van der Waals surface area contributed by atoms with Gasteiger partial charge in [0.25, 0.3) is 0 Å². The highest BCUT2D eigenvalue weighted by atomic mass is 35.5. The molecule has 0 atom stereocenters. The zero-order valence-corrected chi connectivity index (χ0v) is 8.24. The Morgan fingerprint density at radius 2 is 1.64 bits per heavy atom. The van der Waals surface area contributed by atoms with E-state index in [1.54, 1.807) is 0 Å². The minimum atomic E-state index is 0.791. The van der Waals surface area contributed by atoms with Crippen molar-refractivity contribution in [3.8, 4) is 0 Å². The first kappa shape index (κ1) is 11.0. The Hall–Kier alpha value is 0.0300. The molecule has 0 aliphatic heterocycles. The minimum absolute atomic E-state index is 0.791. The van der Waals surface area contributed by atoms with Crippen LogP contribution in [0.4, 0.5) is 0 Å². The number of halogens is 1. The molecule has 0 aromatic rings. The second kappa shape index (κ2) is 10.0. The van der Waals surface area contributed by atoms with E-state index in [0.717, 1.165) is 18.7 Å². The van der Waals surface area contributed by atoms with Gasteiger partial charge in [-0.15, -0.1) is 11.6 Å². The lowest BCUT2D eigenvalue weighted by Crippen LogP contribution is -1.73. The molecule has 0 saturated heterocycles. The van der Waals surface area contributed by atoms with Gasteiger partial charge in [-0.05, 0) is 25.7 Å². The standard InChI is InChI=1S/C10H19Cl/c1-2-3-4-5-6-7-8-9-10-11/h6-7H,2-5,8-10H2,1H3/b7-6+. The van der Waals surface area contributed by atoms with Crippen molar-refractivity contribution in [2.75, 3.05) is 5.88 Å². The van der Waals surface area contributed by atoms with Crippen molar-refractivity contribution in [1.29, 1.82) is 0 Å². The highest BCUT2D eigenvalue weighted by Crippen LogP contribution is 2.01. The van der Waals surface area contributed by atoms with Crippen molar-refractivity contribution < 1.29 is 0 Å². The second-order valence-corrected chi connectivity index (χ2v) is 3.18. The average molecular weight is 175 g/mol. The molecule has 0 rings (SSSR count). The van der Waals surface area contributed by atoms with E-state index in [1.165, 1.54) is 25.7 Å². The zero-order chi connectivity index (χ0) is 8.36. The molecule has 0 aliphatic rings. The molecule has 66 valence electrons. The van der Waals surface area contributed by atoms with Crippen LogP contribution in [0.25, 0.3) is 0 Å². The van der Waals surface area contributed by atoms with Crippen molar-refractivity contribution in [2.24, 2.45) is 0 Å². The topological polar surface area (TPSA) is 0 Å². The Bertz CT molecular complexity index is 86.9. The van der Waals surface area contributed by atoms with E-state index in [1.807, 2.05) is 0 Å². The first-order valence-electron chi connectivity index (χ1n) is 4.62. The maximum absolute atomic E-state index is 5.53. The van der Waals surface area contributed by atoms with E-state index in [0.29, 0.717) is 0 Å². The van der Waals surface area contributed by atoms with Crippen LogP contribution in [0.2, 0.25) is 0 Å².